The molecule has 0 radical (unpaired) electrons. The number of hydrogen-bond acceptors (Lipinski definition) is 4. The van der Waals surface area contributed by atoms with Crippen LogP contribution >= 0.6 is 0 Å². The molecule has 272 valence electrons. The zero-order chi connectivity index (χ0) is 36.4. The predicted octanol–water partition coefficient (Wildman–Crippen LogP) is 9.27. The average molecular weight is 701 g/mol. The fourth-order valence-electron chi connectivity index (χ4n) is 7.31. The normalized spacial score (nSPS) is 11.8. The molecule has 6 aromatic rings. The van der Waals surface area contributed by atoms with E-state index in [2.05, 4.69) is 197 Å². The standard InChI is InChI=1S/C49H56N4/c50-49(37-43-19-7-1-8-20-43,38-44-21-9-2-10-22-44)31-32-51(39-45-23-11-3-12-24-45)33-34-52(40-46-25-13-4-14-26-46)35-36-53(41-47-27-15-5-16-28-47)42-48-29-17-6-18-30-48/h1-30H,31-42,50H2. The Bertz CT molecular complexity index is 1750. The molecule has 4 nitrogen and oxygen atoms in total. The molecule has 0 aliphatic rings. The van der Waals surface area contributed by atoms with Gasteiger partial charge in [0.05, 0.1) is 0 Å². The Kier molecular flexibility index (Phi) is 14.6. The van der Waals surface area contributed by atoms with Gasteiger partial charge in [0.25, 0.3) is 0 Å². The summed E-state index contributed by atoms with van der Waals surface area (Å²) in [6.07, 6.45) is 2.60. The second-order valence-corrected chi connectivity index (χ2v) is 14.6. The van der Waals surface area contributed by atoms with Gasteiger partial charge in [-0.2, -0.15) is 0 Å². The highest BCUT2D eigenvalue weighted by Gasteiger charge is 2.27. The van der Waals surface area contributed by atoms with Gasteiger partial charge in [0.2, 0.25) is 0 Å². The third-order valence-corrected chi connectivity index (χ3v) is 10.2. The van der Waals surface area contributed by atoms with Crippen LogP contribution < -0.4 is 5.73 Å². The summed E-state index contributed by atoms with van der Waals surface area (Å²) >= 11 is 0. The van der Waals surface area contributed by atoms with Crippen LogP contribution in [0, 0.1) is 0 Å². The number of benzene rings is 6. The molecule has 0 bridgehead atoms. The predicted molar refractivity (Wildman–Crippen MR) is 222 cm³/mol. The van der Waals surface area contributed by atoms with Gasteiger partial charge in [0.1, 0.15) is 0 Å². The summed E-state index contributed by atoms with van der Waals surface area (Å²) in [5.41, 5.74) is 15.0. The third-order valence-electron chi connectivity index (χ3n) is 10.2. The van der Waals surface area contributed by atoms with Gasteiger partial charge in [-0.25, -0.2) is 0 Å². The molecule has 0 amide bonds. The molecule has 0 heterocycles. The quantitative estimate of drug-likeness (QED) is 0.0813. The van der Waals surface area contributed by atoms with Gasteiger partial charge in [-0.15, -0.1) is 0 Å². The minimum absolute atomic E-state index is 0.364. The van der Waals surface area contributed by atoms with Crippen LogP contribution in [0.1, 0.15) is 39.8 Å². The van der Waals surface area contributed by atoms with E-state index in [1.165, 1.54) is 33.4 Å². The Morgan fingerprint density at radius 3 is 0.868 bits per heavy atom. The fourth-order valence-corrected chi connectivity index (χ4v) is 7.31. The largest absolute Gasteiger partial charge is 0.324 e. The molecule has 0 aromatic heterocycles. The summed E-state index contributed by atoms with van der Waals surface area (Å²) in [5, 5.41) is 0. The third kappa shape index (κ3) is 13.3. The van der Waals surface area contributed by atoms with Crippen molar-refractivity contribution in [3.8, 4) is 0 Å². The molecule has 2 N–H and O–H groups in total. The minimum Gasteiger partial charge on any atom is -0.324 e. The molecule has 0 aliphatic heterocycles. The van der Waals surface area contributed by atoms with Crippen LogP contribution in [0.25, 0.3) is 0 Å². The molecule has 0 atom stereocenters. The second kappa shape index (κ2) is 20.4. The van der Waals surface area contributed by atoms with Crippen molar-refractivity contribution in [2.75, 3.05) is 32.7 Å². The number of nitrogens with zero attached hydrogens (tertiary/aromatic N) is 3. The molecule has 6 aromatic carbocycles. The van der Waals surface area contributed by atoms with E-state index in [1.807, 2.05) is 0 Å². The lowest BCUT2D eigenvalue weighted by Gasteiger charge is -2.34. The first-order chi connectivity index (χ1) is 26.1. The van der Waals surface area contributed by atoms with Crippen LogP contribution in [-0.2, 0) is 39.0 Å². The van der Waals surface area contributed by atoms with Gasteiger partial charge >= 0.3 is 0 Å². The van der Waals surface area contributed by atoms with Crippen molar-refractivity contribution in [3.05, 3.63) is 215 Å². The Morgan fingerprint density at radius 2 is 0.547 bits per heavy atom. The lowest BCUT2D eigenvalue weighted by atomic mass is 9.82. The maximum Gasteiger partial charge on any atom is 0.0248 e. The lowest BCUT2D eigenvalue weighted by molar-refractivity contribution is 0.155. The van der Waals surface area contributed by atoms with E-state index in [4.69, 9.17) is 5.73 Å². The summed E-state index contributed by atoms with van der Waals surface area (Å²) in [6, 6.07) is 65.2. The first kappa shape index (κ1) is 37.9. The summed E-state index contributed by atoms with van der Waals surface area (Å²) in [4.78, 5) is 7.89. The van der Waals surface area contributed by atoms with Crippen LogP contribution in [0.5, 0.6) is 0 Å². The van der Waals surface area contributed by atoms with Crippen LogP contribution in [0.15, 0.2) is 182 Å². The van der Waals surface area contributed by atoms with Gasteiger partial charge in [0.15, 0.2) is 0 Å². The second-order valence-electron chi connectivity index (χ2n) is 14.6. The van der Waals surface area contributed by atoms with Crippen molar-refractivity contribution >= 4 is 0 Å². The van der Waals surface area contributed by atoms with E-state index in [0.717, 1.165) is 78.2 Å². The molecule has 0 saturated carbocycles. The van der Waals surface area contributed by atoms with Gasteiger partial charge in [-0.3, -0.25) is 14.7 Å². The van der Waals surface area contributed by atoms with Crippen molar-refractivity contribution in [1.82, 2.24) is 14.7 Å². The van der Waals surface area contributed by atoms with Crippen molar-refractivity contribution in [2.45, 2.75) is 51.0 Å². The van der Waals surface area contributed by atoms with E-state index in [-0.39, 0.29) is 5.54 Å². The highest BCUT2D eigenvalue weighted by molar-refractivity contribution is 5.23. The Hall–Kier alpha value is -4.84. The van der Waals surface area contributed by atoms with Crippen LogP contribution in [0.3, 0.4) is 0 Å². The lowest BCUT2D eigenvalue weighted by Crippen LogP contribution is -2.48. The molecular weight excluding hydrogens is 645 g/mol. The Balaban J connectivity index is 1.18. The Labute approximate surface area is 318 Å². The summed E-state index contributed by atoms with van der Waals surface area (Å²) < 4.78 is 0. The average Bonchev–Trinajstić information content (AvgIpc) is 3.20. The monoisotopic (exact) mass is 700 g/mol. The number of hydrogen-bond donors (Lipinski definition) is 1. The number of nitrogens with two attached hydrogens (primary N) is 1. The van der Waals surface area contributed by atoms with Crippen molar-refractivity contribution < 1.29 is 0 Å². The van der Waals surface area contributed by atoms with Gasteiger partial charge in [-0.1, -0.05) is 182 Å². The van der Waals surface area contributed by atoms with Crippen molar-refractivity contribution in [3.63, 3.8) is 0 Å². The molecule has 6 rings (SSSR count). The molecule has 0 aliphatic carbocycles. The summed E-state index contributed by atoms with van der Waals surface area (Å²) in [6.45, 7) is 8.51. The van der Waals surface area contributed by atoms with Crippen LogP contribution in [0.4, 0.5) is 0 Å². The molecular formula is C49H56N4. The molecule has 0 saturated heterocycles. The summed E-state index contributed by atoms with van der Waals surface area (Å²) in [7, 11) is 0. The summed E-state index contributed by atoms with van der Waals surface area (Å²) in [5.74, 6) is 0. The van der Waals surface area contributed by atoms with Crippen molar-refractivity contribution in [1.29, 1.82) is 0 Å². The zero-order valence-electron chi connectivity index (χ0n) is 31.2. The van der Waals surface area contributed by atoms with E-state index >= 15 is 0 Å². The van der Waals surface area contributed by atoms with Gasteiger partial charge in [0, 0.05) is 64.4 Å². The molecule has 0 fully saturated rings. The van der Waals surface area contributed by atoms with Crippen LogP contribution in [-0.4, -0.2) is 53.0 Å². The van der Waals surface area contributed by atoms with E-state index < -0.39 is 0 Å². The molecule has 0 unspecified atom stereocenters. The maximum absolute atomic E-state index is 7.43. The van der Waals surface area contributed by atoms with Crippen LogP contribution in [0.2, 0.25) is 0 Å². The van der Waals surface area contributed by atoms with E-state index in [0.29, 0.717) is 0 Å². The molecule has 53 heavy (non-hydrogen) atoms. The first-order valence-corrected chi connectivity index (χ1v) is 19.3. The fraction of sp³-hybridized carbons (Fsp3) is 0.265. The zero-order valence-corrected chi connectivity index (χ0v) is 31.2. The smallest absolute Gasteiger partial charge is 0.0248 e. The SMILES string of the molecule is NC(CCN(CCN(CCN(Cc1ccccc1)Cc1ccccc1)Cc1ccccc1)Cc1ccccc1)(Cc1ccccc1)Cc1ccccc1. The molecule has 4 heteroatoms. The Morgan fingerprint density at radius 1 is 0.302 bits per heavy atom. The van der Waals surface area contributed by atoms with Gasteiger partial charge in [-0.05, 0) is 52.6 Å². The first-order valence-electron chi connectivity index (χ1n) is 19.3. The topological polar surface area (TPSA) is 35.7 Å². The highest BCUT2D eigenvalue weighted by atomic mass is 15.2. The minimum atomic E-state index is -0.364. The van der Waals surface area contributed by atoms with Crippen molar-refractivity contribution in [2.24, 2.45) is 5.73 Å². The van der Waals surface area contributed by atoms with E-state index in [9.17, 15) is 0 Å². The maximum atomic E-state index is 7.43. The highest BCUT2D eigenvalue weighted by Crippen LogP contribution is 2.22. The number of rotatable bonds is 21. The van der Waals surface area contributed by atoms with E-state index in [1.54, 1.807) is 0 Å². The molecule has 0 spiro atoms. The van der Waals surface area contributed by atoms with Gasteiger partial charge < -0.3 is 5.73 Å².